The van der Waals surface area contributed by atoms with E-state index >= 15 is 0 Å². The van der Waals surface area contributed by atoms with Gasteiger partial charge in [-0.25, -0.2) is 18.6 Å². The van der Waals surface area contributed by atoms with E-state index in [1.54, 1.807) is 18.5 Å². The summed E-state index contributed by atoms with van der Waals surface area (Å²) in [6.45, 7) is 8.00. The molecule has 3 N–H and O–H groups in total. The Bertz CT molecular complexity index is 968. The Labute approximate surface area is 231 Å². The SMILES string of the molecule is CC=N/C=C\C(N[C@@H](CCN(CCCCc1ccc2c(n1)NCCC2)CCOCC(F)F)C(=O)O)=C(/C)CC. The first-order chi connectivity index (χ1) is 18.8. The number of nitrogens with one attached hydrogen (secondary N) is 2. The Morgan fingerprint density at radius 3 is 2.85 bits per heavy atom. The molecule has 0 spiro atoms. The minimum absolute atomic E-state index is 0.172. The molecule has 0 aromatic carbocycles. The van der Waals surface area contributed by atoms with Gasteiger partial charge in [0, 0.05) is 43.4 Å². The van der Waals surface area contributed by atoms with Crippen LogP contribution in [0.15, 0.2) is 40.7 Å². The van der Waals surface area contributed by atoms with Crippen LogP contribution in [0.25, 0.3) is 0 Å². The first-order valence-electron chi connectivity index (χ1n) is 14.0. The van der Waals surface area contributed by atoms with Gasteiger partial charge in [-0.3, -0.25) is 4.99 Å². The molecule has 2 heterocycles. The Kier molecular flexibility index (Phi) is 15.3. The van der Waals surface area contributed by atoms with Crippen molar-refractivity contribution in [1.82, 2.24) is 15.2 Å². The second kappa shape index (κ2) is 18.4. The number of fused-ring (bicyclic) bond motifs is 1. The van der Waals surface area contributed by atoms with Gasteiger partial charge < -0.3 is 25.4 Å². The quantitative estimate of drug-likeness (QED) is 0.126. The maximum absolute atomic E-state index is 12.5. The summed E-state index contributed by atoms with van der Waals surface area (Å²) in [5.41, 5.74) is 4.10. The van der Waals surface area contributed by atoms with Crippen LogP contribution in [0.2, 0.25) is 0 Å². The minimum atomic E-state index is -2.50. The van der Waals surface area contributed by atoms with Crippen molar-refractivity contribution in [2.45, 2.75) is 78.2 Å². The van der Waals surface area contributed by atoms with Gasteiger partial charge >= 0.3 is 5.97 Å². The van der Waals surface area contributed by atoms with Crippen molar-refractivity contribution in [3.63, 3.8) is 0 Å². The number of anilines is 1. The van der Waals surface area contributed by atoms with E-state index in [4.69, 9.17) is 9.72 Å². The summed E-state index contributed by atoms with van der Waals surface area (Å²) in [7, 11) is 0. The molecular weight excluding hydrogens is 504 g/mol. The molecule has 0 fully saturated rings. The van der Waals surface area contributed by atoms with Crippen molar-refractivity contribution in [2.75, 3.05) is 44.7 Å². The molecule has 8 nitrogen and oxygen atoms in total. The van der Waals surface area contributed by atoms with Crippen molar-refractivity contribution < 1.29 is 23.4 Å². The second-order valence-corrected chi connectivity index (χ2v) is 9.70. The molecule has 0 bridgehead atoms. The number of rotatable bonds is 19. The standard InChI is InChI=1S/C29H45F2N5O3/c1-4-22(3)25(13-16-32-5-2)35-26(29(37)38)14-18-36(19-20-39-21-27(30)31)17-7-6-10-24-12-11-23-9-8-15-33-28(23)34-24/h5,11-13,16,26-27,35H,4,6-10,14-15,17-21H2,1-3H3,(H,33,34)(H,37,38)/b16-13-,25-22-,32-5?/t26-/m0/s1. The smallest absolute Gasteiger partial charge is 0.326 e. The third-order valence-corrected chi connectivity index (χ3v) is 6.73. The molecule has 218 valence electrons. The maximum atomic E-state index is 12.5. The summed E-state index contributed by atoms with van der Waals surface area (Å²) in [6.07, 6.45) is 8.55. The van der Waals surface area contributed by atoms with Crippen molar-refractivity contribution in [2.24, 2.45) is 4.99 Å². The van der Waals surface area contributed by atoms with Gasteiger partial charge in [0.1, 0.15) is 18.5 Å². The van der Waals surface area contributed by atoms with Gasteiger partial charge in [-0.05, 0) is 83.0 Å². The van der Waals surface area contributed by atoms with Gasteiger partial charge in [-0.2, -0.15) is 0 Å². The zero-order valence-corrected chi connectivity index (χ0v) is 23.6. The topological polar surface area (TPSA) is 99.1 Å². The van der Waals surface area contributed by atoms with E-state index in [0.29, 0.717) is 19.5 Å². The molecule has 1 atom stereocenters. The molecular formula is C29H45F2N5O3. The van der Waals surface area contributed by atoms with Crippen LogP contribution >= 0.6 is 0 Å². The van der Waals surface area contributed by atoms with Crippen LogP contribution in [0.5, 0.6) is 0 Å². The number of carboxylic acid groups (broad SMARTS) is 1. The van der Waals surface area contributed by atoms with Crippen molar-refractivity contribution >= 4 is 18.0 Å². The third-order valence-electron chi connectivity index (χ3n) is 6.73. The van der Waals surface area contributed by atoms with Crippen LogP contribution < -0.4 is 10.6 Å². The van der Waals surface area contributed by atoms with Crippen LogP contribution in [-0.4, -0.2) is 79.0 Å². The summed E-state index contributed by atoms with van der Waals surface area (Å²) < 4.78 is 30.1. The lowest BCUT2D eigenvalue weighted by molar-refractivity contribution is -0.139. The Morgan fingerprint density at radius 2 is 2.13 bits per heavy atom. The molecule has 10 heteroatoms. The van der Waals surface area contributed by atoms with E-state index in [-0.39, 0.29) is 6.61 Å². The van der Waals surface area contributed by atoms with E-state index in [1.807, 2.05) is 20.8 Å². The van der Waals surface area contributed by atoms with E-state index in [9.17, 15) is 18.7 Å². The molecule has 0 saturated carbocycles. The second-order valence-electron chi connectivity index (χ2n) is 9.70. The molecule has 0 saturated heterocycles. The number of hydrogen-bond acceptors (Lipinski definition) is 7. The Balaban J connectivity index is 1.94. The predicted octanol–water partition coefficient (Wildman–Crippen LogP) is 5.07. The maximum Gasteiger partial charge on any atom is 0.326 e. The lowest BCUT2D eigenvalue weighted by Gasteiger charge is -2.25. The number of ether oxygens (including phenoxy) is 1. The molecule has 1 aliphatic heterocycles. The summed E-state index contributed by atoms with van der Waals surface area (Å²) in [4.78, 5) is 23.0. The fourth-order valence-corrected chi connectivity index (χ4v) is 4.32. The summed E-state index contributed by atoms with van der Waals surface area (Å²) >= 11 is 0. The van der Waals surface area contributed by atoms with Crippen LogP contribution in [0.4, 0.5) is 14.6 Å². The van der Waals surface area contributed by atoms with E-state index < -0.39 is 25.0 Å². The summed E-state index contributed by atoms with van der Waals surface area (Å²) in [6, 6.07) is 3.45. The number of allylic oxidation sites excluding steroid dienone is 2. The number of alkyl halides is 2. The van der Waals surface area contributed by atoms with Gasteiger partial charge in [-0.15, -0.1) is 0 Å². The number of halogens is 2. The highest BCUT2D eigenvalue weighted by atomic mass is 19.3. The lowest BCUT2D eigenvalue weighted by Crippen LogP contribution is -2.40. The Hall–Kier alpha value is -2.85. The molecule has 0 radical (unpaired) electrons. The highest BCUT2D eigenvalue weighted by Crippen LogP contribution is 2.20. The number of pyridine rings is 1. The fourth-order valence-electron chi connectivity index (χ4n) is 4.32. The fraction of sp³-hybridized carbons (Fsp3) is 0.621. The molecule has 2 rings (SSSR count). The van der Waals surface area contributed by atoms with Crippen molar-refractivity contribution in [1.29, 1.82) is 0 Å². The average Bonchev–Trinajstić information content (AvgIpc) is 2.93. The summed E-state index contributed by atoms with van der Waals surface area (Å²) in [5, 5.41) is 16.4. The number of carboxylic acids is 1. The van der Waals surface area contributed by atoms with Gasteiger partial charge in [0.2, 0.25) is 0 Å². The number of carbonyl (C=O) groups is 1. The van der Waals surface area contributed by atoms with E-state index in [2.05, 4.69) is 32.7 Å². The highest BCUT2D eigenvalue weighted by Gasteiger charge is 2.20. The molecule has 1 aromatic heterocycles. The van der Waals surface area contributed by atoms with Crippen LogP contribution in [0.1, 0.15) is 64.1 Å². The first kappa shape index (κ1) is 32.4. The van der Waals surface area contributed by atoms with Crippen LogP contribution in [0, 0.1) is 0 Å². The lowest BCUT2D eigenvalue weighted by atomic mass is 10.1. The molecule has 0 amide bonds. The van der Waals surface area contributed by atoms with Crippen LogP contribution in [0.3, 0.4) is 0 Å². The van der Waals surface area contributed by atoms with Gasteiger partial charge in [0.25, 0.3) is 6.43 Å². The number of aliphatic carboxylic acids is 1. The number of nitrogens with zero attached hydrogens (tertiary/aromatic N) is 3. The molecule has 0 unspecified atom stereocenters. The third kappa shape index (κ3) is 12.7. The molecule has 1 aromatic rings. The average molecular weight is 550 g/mol. The van der Waals surface area contributed by atoms with Crippen LogP contribution in [-0.2, 0) is 22.4 Å². The normalized spacial score (nSPS) is 15.1. The summed E-state index contributed by atoms with van der Waals surface area (Å²) in [5.74, 6) is 0.0524. The van der Waals surface area contributed by atoms with Gasteiger partial charge in [-0.1, -0.05) is 18.6 Å². The highest BCUT2D eigenvalue weighted by molar-refractivity contribution is 5.74. The number of aromatic nitrogens is 1. The zero-order valence-electron chi connectivity index (χ0n) is 23.6. The van der Waals surface area contributed by atoms with Crippen molar-refractivity contribution in [3.05, 3.63) is 46.9 Å². The minimum Gasteiger partial charge on any atom is -0.480 e. The number of hydrogen-bond donors (Lipinski definition) is 3. The van der Waals surface area contributed by atoms with Gasteiger partial charge in [0.15, 0.2) is 0 Å². The number of aliphatic imine (C=N–C) groups is 1. The first-order valence-corrected chi connectivity index (χ1v) is 14.0. The Morgan fingerprint density at radius 1 is 1.31 bits per heavy atom. The number of unbranched alkanes of at least 4 members (excludes halogenated alkanes) is 1. The molecule has 0 aliphatic carbocycles. The van der Waals surface area contributed by atoms with E-state index in [0.717, 1.165) is 74.4 Å². The molecule has 1 aliphatic rings. The van der Waals surface area contributed by atoms with Gasteiger partial charge in [0.05, 0.1) is 6.61 Å². The molecule has 39 heavy (non-hydrogen) atoms. The monoisotopic (exact) mass is 549 g/mol. The number of aryl methyl sites for hydroxylation is 2. The van der Waals surface area contributed by atoms with E-state index in [1.165, 1.54) is 5.56 Å². The largest absolute Gasteiger partial charge is 0.480 e. The predicted molar refractivity (Wildman–Crippen MR) is 153 cm³/mol. The van der Waals surface area contributed by atoms with Crippen molar-refractivity contribution in [3.8, 4) is 0 Å². The zero-order chi connectivity index (χ0) is 28.5.